The largest absolute Gasteiger partial charge is 0.427 e. The molecule has 0 saturated carbocycles. The molecule has 0 aliphatic carbocycles. The van der Waals surface area contributed by atoms with Gasteiger partial charge in [0.15, 0.2) is 5.05 Å². The molecule has 2 heterocycles. The van der Waals surface area contributed by atoms with Crippen molar-refractivity contribution in [1.82, 2.24) is 9.97 Å². The summed E-state index contributed by atoms with van der Waals surface area (Å²) in [7, 11) is 0. The third-order valence-electron chi connectivity index (χ3n) is 1.75. The molecule has 0 amide bonds. The molecule has 0 unspecified atom stereocenters. The van der Waals surface area contributed by atoms with Crippen LogP contribution in [0.2, 0.25) is 0 Å². The van der Waals surface area contributed by atoms with Gasteiger partial charge in [0.25, 0.3) is 0 Å². The number of rotatable bonds is 2. The van der Waals surface area contributed by atoms with E-state index in [-0.39, 0.29) is 0 Å². The maximum Gasteiger partial charge on any atom is 0.220 e. The van der Waals surface area contributed by atoms with Gasteiger partial charge in [-0.05, 0) is 30.4 Å². The van der Waals surface area contributed by atoms with Crippen LogP contribution in [0.15, 0.2) is 48.9 Å². The molecule has 2 aromatic rings. The molecule has 3 nitrogen and oxygen atoms in total. The molecule has 0 aliphatic rings. The van der Waals surface area contributed by atoms with Crippen molar-refractivity contribution >= 4 is 17.3 Å². The van der Waals surface area contributed by atoms with Gasteiger partial charge in [-0.1, -0.05) is 6.07 Å². The van der Waals surface area contributed by atoms with E-state index >= 15 is 0 Å². The second-order valence-electron chi connectivity index (χ2n) is 2.79. The van der Waals surface area contributed by atoms with E-state index in [1.807, 2.05) is 12.1 Å². The molecule has 0 radical (unpaired) electrons. The number of ether oxygens (including phenoxy) is 1. The molecular formula is C11H8N2OS. The summed E-state index contributed by atoms with van der Waals surface area (Å²) in [5.41, 5.74) is 0.825. The van der Waals surface area contributed by atoms with Gasteiger partial charge in [0.1, 0.15) is 0 Å². The Morgan fingerprint density at radius 1 is 1.07 bits per heavy atom. The number of aromatic nitrogens is 2. The first-order valence-corrected chi connectivity index (χ1v) is 4.80. The second-order valence-corrected chi connectivity index (χ2v) is 3.16. The van der Waals surface area contributed by atoms with E-state index < -0.39 is 0 Å². The van der Waals surface area contributed by atoms with Crippen molar-refractivity contribution in [3.05, 3.63) is 54.5 Å². The maximum atomic E-state index is 5.39. The van der Waals surface area contributed by atoms with Crippen molar-refractivity contribution < 1.29 is 4.74 Å². The van der Waals surface area contributed by atoms with Crippen LogP contribution >= 0.6 is 12.2 Å². The SMILES string of the molecule is S=C(Oc1ccccn1)c1ccncc1. The Bertz CT molecular complexity index is 445. The van der Waals surface area contributed by atoms with Crippen molar-refractivity contribution in [2.24, 2.45) is 0 Å². The molecule has 0 spiro atoms. The first kappa shape index (κ1) is 9.73. The number of nitrogens with zero attached hydrogens (tertiary/aromatic N) is 2. The molecule has 2 aromatic heterocycles. The first-order chi connectivity index (χ1) is 7.36. The topological polar surface area (TPSA) is 35.0 Å². The fraction of sp³-hybridized carbons (Fsp3) is 0. The Morgan fingerprint density at radius 2 is 1.87 bits per heavy atom. The molecule has 0 saturated heterocycles. The first-order valence-electron chi connectivity index (χ1n) is 4.39. The van der Waals surface area contributed by atoms with Crippen LogP contribution in [-0.2, 0) is 0 Å². The zero-order valence-electron chi connectivity index (χ0n) is 7.83. The highest BCUT2D eigenvalue weighted by molar-refractivity contribution is 7.80. The third-order valence-corrected chi connectivity index (χ3v) is 2.07. The van der Waals surface area contributed by atoms with Gasteiger partial charge in [-0.3, -0.25) is 4.98 Å². The van der Waals surface area contributed by atoms with Gasteiger partial charge in [-0.15, -0.1) is 0 Å². The van der Waals surface area contributed by atoms with E-state index in [1.54, 1.807) is 36.8 Å². The number of pyridine rings is 2. The molecule has 0 aromatic carbocycles. The van der Waals surface area contributed by atoms with Gasteiger partial charge < -0.3 is 4.74 Å². The smallest absolute Gasteiger partial charge is 0.220 e. The molecule has 74 valence electrons. The zero-order valence-corrected chi connectivity index (χ0v) is 8.65. The quantitative estimate of drug-likeness (QED) is 0.721. The van der Waals surface area contributed by atoms with Gasteiger partial charge in [-0.25, -0.2) is 4.98 Å². The average Bonchev–Trinajstić information content (AvgIpc) is 2.31. The van der Waals surface area contributed by atoms with Crippen molar-refractivity contribution in [3.63, 3.8) is 0 Å². The Balaban J connectivity index is 2.12. The van der Waals surface area contributed by atoms with Gasteiger partial charge in [-0.2, -0.15) is 0 Å². The lowest BCUT2D eigenvalue weighted by Crippen LogP contribution is -2.07. The molecule has 0 aliphatic heterocycles. The highest BCUT2D eigenvalue weighted by atomic mass is 32.1. The van der Waals surface area contributed by atoms with E-state index in [0.29, 0.717) is 10.9 Å². The van der Waals surface area contributed by atoms with Crippen molar-refractivity contribution in [2.45, 2.75) is 0 Å². The summed E-state index contributed by atoms with van der Waals surface area (Å²) in [5.74, 6) is 0.499. The number of hydrogen-bond donors (Lipinski definition) is 0. The monoisotopic (exact) mass is 216 g/mol. The minimum Gasteiger partial charge on any atom is -0.427 e. The van der Waals surface area contributed by atoms with Crippen molar-refractivity contribution in [2.75, 3.05) is 0 Å². The summed E-state index contributed by atoms with van der Waals surface area (Å²) in [5, 5.41) is 0.399. The highest BCUT2D eigenvalue weighted by Crippen LogP contribution is 2.08. The van der Waals surface area contributed by atoms with Crippen LogP contribution in [-0.4, -0.2) is 15.0 Å². The minimum absolute atomic E-state index is 0.399. The van der Waals surface area contributed by atoms with E-state index in [9.17, 15) is 0 Å². The summed E-state index contributed by atoms with van der Waals surface area (Å²) in [6.45, 7) is 0. The normalized spacial score (nSPS) is 9.60. The maximum absolute atomic E-state index is 5.39. The molecule has 2 rings (SSSR count). The van der Waals surface area contributed by atoms with E-state index in [4.69, 9.17) is 17.0 Å². The lowest BCUT2D eigenvalue weighted by Gasteiger charge is -2.04. The van der Waals surface area contributed by atoms with Gasteiger partial charge in [0.05, 0.1) is 0 Å². The Hall–Kier alpha value is -1.81. The van der Waals surface area contributed by atoms with Crippen LogP contribution in [0.3, 0.4) is 0 Å². The van der Waals surface area contributed by atoms with E-state index in [0.717, 1.165) is 5.56 Å². The van der Waals surface area contributed by atoms with Crippen LogP contribution in [0.4, 0.5) is 0 Å². The average molecular weight is 216 g/mol. The summed E-state index contributed by atoms with van der Waals surface area (Å²) >= 11 is 5.11. The van der Waals surface area contributed by atoms with Crippen LogP contribution in [0, 0.1) is 0 Å². The van der Waals surface area contributed by atoms with Crippen molar-refractivity contribution in [1.29, 1.82) is 0 Å². The van der Waals surface area contributed by atoms with E-state index in [2.05, 4.69) is 9.97 Å². The molecule has 15 heavy (non-hydrogen) atoms. The predicted molar refractivity (Wildman–Crippen MR) is 60.8 cm³/mol. The Labute approximate surface area is 92.8 Å². The molecule has 0 N–H and O–H groups in total. The fourth-order valence-corrected chi connectivity index (χ4v) is 1.27. The molecule has 4 heteroatoms. The standard InChI is InChI=1S/C11H8N2OS/c15-11(9-4-7-12-8-5-9)14-10-3-1-2-6-13-10/h1-8H. The summed E-state index contributed by atoms with van der Waals surface area (Å²) < 4.78 is 5.39. The Morgan fingerprint density at radius 3 is 2.53 bits per heavy atom. The number of thiocarbonyl (C=S) groups is 1. The summed E-state index contributed by atoms with van der Waals surface area (Å²) in [6, 6.07) is 9.02. The van der Waals surface area contributed by atoms with Crippen LogP contribution in [0.25, 0.3) is 0 Å². The van der Waals surface area contributed by atoms with Crippen LogP contribution in [0.5, 0.6) is 5.88 Å². The minimum atomic E-state index is 0.399. The predicted octanol–water partition coefficient (Wildman–Crippen LogP) is 2.23. The van der Waals surface area contributed by atoms with Crippen molar-refractivity contribution in [3.8, 4) is 5.88 Å². The lowest BCUT2D eigenvalue weighted by molar-refractivity contribution is 0.542. The zero-order chi connectivity index (χ0) is 10.5. The Kier molecular flexibility index (Phi) is 2.99. The van der Waals surface area contributed by atoms with Gasteiger partial charge in [0, 0.05) is 30.2 Å². The molecule has 0 atom stereocenters. The highest BCUT2D eigenvalue weighted by Gasteiger charge is 2.03. The fourth-order valence-electron chi connectivity index (χ4n) is 1.05. The third kappa shape index (κ3) is 2.57. The van der Waals surface area contributed by atoms with Crippen LogP contribution in [0.1, 0.15) is 5.56 Å². The second kappa shape index (κ2) is 4.61. The van der Waals surface area contributed by atoms with E-state index in [1.165, 1.54) is 0 Å². The molecular weight excluding hydrogens is 208 g/mol. The summed E-state index contributed by atoms with van der Waals surface area (Å²) in [6.07, 6.45) is 5.00. The number of hydrogen-bond acceptors (Lipinski definition) is 4. The molecule has 0 fully saturated rings. The van der Waals surface area contributed by atoms with Gasteiger partial charge in [0.2, 0.25) is 5.88 Å². The molecule has 0 bridgehead atoms. The van der Waals surface area contributed by atoms with Gasteiger partial charge >= 0.3 is 0 Å². The summed E-state index contributed by atoms with van der Waals surface area (Å²) in [4.78, 5) is 7.92. The lowest BCUT2D eigenvalue weighted by atomic mass is 10.3. The van der Waals surface area contributed by atoms with Crippen LogP contribution < -0.4 is 4.74 Å².